The van der Waals surface area contributed by atoms with Crippen LogP contribution in [-0.2, 0) is 10.0 Å². The van der Waals surface area contributed by atoms with Crippen LogP contribution in [0.15, 0.2) is 42.5 Å². The number of hydrogen-bond acceptors (Lipinski definition) is 2. The first kappa shape index (κ1) is 16.1. The van der Waals surface area contributed by atoms with Gasteiger partial charge in [0.25, 0.3) is 0 Å². The number of anilines is 1. The molecule has 0 fully saturated rings. The van der Waals surface area contributed by atoms with Gasteiger partial charge in [-0.3, -0.25) is 4.31 Å². The van der Waals surface area contributed by atoms with Gasteiger partial charge < -0.3 is 0 Å². The summed E-state index contributed by atoms with van der Waals surface area (Å²) in [4.78, 5) is 0. The summed E-state index contributed by atoms with van der Waals surface area (Å²) in [5.41, 5.74) is 0.751. The maximum absolute atomic E-state index is 12.6. The highest BCUT2D eigenvalue weighted by Crippen LogP contribution is 2.28. The Bertz CT molecular complexity index is 695. The van der Waals surface area contributed by atoms with E-state index in [-0.39, 0.29) is 5.75 Å². The molecule has 2 aromatic rings. The Morgan fingerprint density at radius 1 is 1.05 bits per heavy atom. The Morgan fingerprint density at radius 2 is 1.76 bits per heavy atom. The molecule has 2 aromatic carbocycles. The second-order valence-electron chi connectivity index (χ2n) is 4.88. The van der Waals surface area contributed by atoms with E-state index in [9.17, 15) is 8.42 Å². The van der Waals surface area contributed by atoms with Gasteiger partial charge in [-0.25, -0.2) is 8.42 Å². The zero-order valence-electron chi connectivity index (χ0n) is 12.1. The zero-order valence-corrected chi connectivity index (χ0v) is 13.7. The molecule has 0 spiro atoms. The van der Waals surface area contributed by atoms with E-state index in [1.54, 1.807) is 0 Å². The number of benzene rings is 2. The molecule has 2 rings (SSSR count). The predicted molar refractivity (Wildman–Crippen MR) is 90.7 cm³/mol. The molecule has 0 N–H and O–H groups in total. The highest BCUT2D eigenvalue weighted by atomic mass is 35.5. The Hall–Kier alpha value is -1.26. The van der Waals surface area contributed by atoms with Crippen LogP contribution >= 0.6 is 11.6 Å². The van der Waals surface area contributed by atoms with E-state index in [2.05, 4.69) is 0 Å². The molecule has 0 amide bonds. The van der Waals surface area contributed by atoms with E-state index < -0.39 is 10.0 Å². The summed E-state index contributed by atoms with van der Waals surface area (Å²) < 4.78 is 26.6. The third kappa shape index (κ3) is 3.69. The molecule has 0 saturated carbocycles. The smallest absolute Gasteiger partial charge is 0.235 e. The minimum Gasteiger partial charge on any atom is -0.270 e. The highest BCUT2D eigenvalue weighted by molar-refractivity contribution is 7.92. The Kier molecular flexibility index (Phi) is 5.48. The van der Waals surface area contributed by atoms with Crippen molar-refractivity contribution < 1.29 is 8.42 Å². The average molecular weight is 326 g/mol. The molecule has 114 valence electrons. The van der Waals surface area contributed by atoms with Crippen LogP contribution in [-0.4, -0.2) is 26.6 Å². The molecule has 0 aliphatic carbocycles. The van der Waals surface area contributed by atoms with Crippen LogP contribution < -0.4 is 4.31 Å². The summed E-state index contributed by atoms with van der Waals surface area (Å²) in [6, 6.07) is 13.6. The number of hydrogen-bond donors (Lipinski definition) is 0. The largest absolute Gasteiger partial charge is 0.270 e. The van der Waals surface area contributed by atoms with Crippen molar-refractivity contribution in [3.05, 3.63) is 42.5 Å². The van der Waals surface area contributed by atoms with Gasteiger partial charge in [0.2, 0.25) is 10.0 Å². The van der Waals surface area contributed by atoms with Crippen molar-refractivity contribution >= 4 is 38.1 Å². The quantitative estimate of drug-likeness (QED) is 0.569. The highest BCUT2D eigenvalue weighted by Gasteiger charge is 2.21. The SMILES string of the molecule is CCN(c1cccc2ccccc12)S(=O)(=O)CCCCCl. The van der Waals surface area contributed by atoms with Crippen LogP contribution in [0.2, 0.25) is 0 Å². The first-order valence-corrected chi connectivity index (χ1v) is 9.28. The topological polar surface area (TPSA) is 37.4 Å². The minimum atomic E-state index is -3.31. The Labute approximate surface area is 131 Å². The lowest BCUT2D eigenvalue weighted by Crippen LogP contribution is -2.33. The van der Waals surface area contributed by atoms with E-state index in [4.69, 9.17) is 11.6 Å². The van der Waals surface area contributed by atoms with Crippen molar-refractivity contribution in [2.24, 2.45) is 0 Å². The van der Waals surface area contributed by atoms with Gasteiger partial charge in [0, 0.05) is 17.8 Å². The number of fused-ring (bicyclic) bond motifs is 1. The summed E-state index contributed by atoms with van der Waals surface area (Å²) in [7, 11) is -3.31. The minimum absolute atomic E-state index is 0.136. The molecule has 0 saturated heterocycles. The third-order valence-corrected chi connectivity index (χ3v) is 5.64. The van der Waals surface area contributed by atoms with Gasteiger partial charge in [0.15, 0.2) is 0 Å². The molecular formula is C16H20ClNO2S. The second-order valence-corrected chi connectivity index (χ2v) is 7.27. The van der Waals surface area contributed by atoms with Crippen molar-refractivity contribution in [2.45, 2.75) is 19.8 Å². The van der Waals surface area contributed by atoms with Gasteiger partial charge in [0.1, 0.15) is 0 Å². The molecule has 5 heteroatoms. The van der Waals surface area contributed by atoms with E-state index in [0.29, 0.717) is 25.3 Å². The lowest BCUT2D eigenvalue weighted by atomic mass is 10.1. The molecule has 0 bridgehead atoms. The van der Waals surface area contributed by atoms with Crippen molar-refractivity contribution in [2.75, 3.05) is 22.5 Å². The third-order valence-electron chi connectivity index (χ3n) is 3.44. The normalized spacial score (nSPS) is 11.7. The molecule has 0 atom stereocenters. The van der Waals surface area contributed by atoms with E-state index in [1.165, 1.54) is 4.31 Å². The number of alkyl halides is 1. The molecule has 0 unspecified atom stereocenters. The molecule has 21 heavy (non-hydrogen) atoms. The zero-order chi connectivity index (χ0) is 15.3. The number of rotatable bonds is 7. The van der Waals surface area contributed by atoms with Crippen molar-refractivity contribution in [1.82, 2.24) is 0 Å². The maximum atomic E-state index is 12.6. The van der Waals surface area contributed by atoms with Crippen LogP contribution in [0, 0.1) is 0 Å². The molecule has 0 aromatic heterocycles. The van der Waals surface area contributed by atoms with Crippen LogP contribution in [0.5, 0.6) is 0 Å². The first-order valence-electron chi connectivity index (χ1n) is 7.14. The van der Waals surface area contributed by atoms with Crippen molar-refractivity contribution in [1.29, 1.82) is 0 Å². The predicted octanol–water partition coefficient (Wildman–Crippen LogP) is 4.01. The molecule has 0 radical (unpaired) electrons. The van der Waals surface area contributed by atoms with E-state index >= 15 is 0 Å². The summed E-state index contributed by atoms with van der Waals surface area (Å²) in [5, 5.41) is 2.01. The fraction of sp³-hybridized carbons (Fsp3) is 0.375. The summed E-state index contributed by atoms with van der Waals surface area (Å²) in [6.07, 6.45) is 1.31. The molecule has 0 heterocycles. The number of nitrogens with zero attached hydrogens (tertiary/aromatic N) is 1. The molecule has 0 aliphatic heterocycles. The standard InChI is InChI=1S/C16H20ClNO2S/c1-2-18(21(19,20)13-6-5-12-17)16-11-7-9-14-8-3-4-10-15(14)16/h3-4,7-11H,2,5-6,12-13H2,1H3. The van der Waals surface area contributed by atoms with Crippen LogP contribution in [0.25, 0.3) is 10.8 Å². The van der Waals surface area contributed by atoms with Crippen LogP contribution in [0.1, 0.15) is 19.8 Å². The second kappa shape index (κ2) is 7.14. The van der Waals surface area contributed by atoms with Gasteiger partial charge in [-0.2, -0.15) is 0 Å². The molecule has 3 nitrogen and oxygen atoms in total. The van der Waals surface area contributed by atoms with E-state index in [1.807, 2.05) is 49.4 Å². The Balaban J connectivity index is 2.40. The summed E-state index contributed by atoms with van der Waals surface area (Å²) >= 11 is 5.63. The van der Waals surface area contributed by atoms with Gasteiger partial charge in [-0.15, -0.1) is 11.6 Å². The van der Waals surface area contributed by atoms with Crippen molar-refractivity contribution in [3.8, 4) is 0 Å². The monoisotopic (exact) mass is 325 g/mol. The summed E-state index contributed by atoms with van der Waals surface area (Å²) in [6.45, 7) is 2.29. The molecule has 0 aliphatic rings. The first-order chi connectivity index (χ1) is 10.1. The maximum Gasteiger partial charge on any atom is 0.235 e. The number of unbranched alkanes of at least 4 members (excludes halogenated alkanes) is 1. The number of sulfonamides is 1. The van der Waals surface area contributed by atoms with Gasteiger partial charge >= 0.3 is 0 Å². The van der Waals surface area contributed by atoms with Crippen LogP contribution in [0.3, 0.4) is 0 Å². The van der Waals surface area contributed by atoms with Gasteiger partial charge in [-0.1, -0.05) is 36.4 Å². The fourth-order valence-corrected chi connectivity index (χ4v) is 4.26. The van der Waals surface area contributed by atoms with Gasteiger partial charge in [-0.05, 0) is 31.2 Å². The number of halogens is 1. The van der Waals surface area contributed by atoms with Crippen LogP contribution in [0.4, 0.5) is 5.69 Å². The lowest BCUT2D eigenvalue weighted by Gasteiger charge is -2.24. The van der Waals surface area contributed by atoms with E-state index in [0.717, 1.165) is 16.5 Å². The van der Waals surface area contributed by atoms with Gasteiger partial charge in [0.05, 0.1) is 11.4 Å². The van der Waals surface area contributed by atoms with Crippen molar-refractivity contribution in [3.63, 3.8) is 0 Å². The fourth-order valence-electron chi connectivity index (χ4n) is 2.43. The summed E-state index contributed by atoms with van der Waals surface area (Å²) in [5.74, 6) is 0.632. The lowest BCUT2D eigenvalue weighted by molar-refractivity contribution is 0.588. The molecular weight excluding hydrogens is 306 g/mol. The average Bonchev–Trinajstić information content (AvgIpc) is 2.48. The Morgan fingerprint density at radius 3 is 2.48 bits per heavy atom.